The Bertz CT molecular complexity index is 1380. The quantitative estimate of drug-likeness (QED) is 0.235. The molecule has 0 bridgehead atoms. The molecule has 2 aromatic carbocycles. The van der Waals surface area contributed by atoms with Gasteiger partial charge < -0.3 is 45.5 Å². The Balaban J connectivity index is 1.69. The average Bonchev–Trinajstić information content (AvgIpc) is 2.90. The van der Waals surface area contributed by atoms with E-state index in [9.17, 15) is 39.9 Å². The minimum atomic E-state index is -2.24. The second-order valence-corrected chi connectivity index (χ2v) is 10.2. The van der Waals surface area contributed by atoms with E-state index in [1.165, 1.54) is 25.3 Å². The van der Waals surface area contributed by atoms with Crippen LogP contribution in [0.25, 0.3) is 0 Å². The van der Waals surface area contributed by atoms with Gasteiger partial charge in [-0.3, -0.25) is 14.4 Å². The number of rotatable bonds is 5. The van der Waals surface area contributed by atoms with E-state index in [0.717, 1.165) is 0 Å². The molecule has 5 unspecified atom stereocenters. The van der Waals surface area contributed by atoms with E-state index in [0.29, 0.717) is 0 Å². The summed E-state index contributed by atoms with van der Waals surface area (Å²) in [6.45, 7) is 0.560. The zero-order valence-electron chi connectivity index (χ0n) is 21.2. The number of phenolic OH excluding ortho intramolecular Hbond substituents is 2. The Morgan fingerprint density at radius 1 is 1.15 bits per heavy atom. The van der Waals surface area contributed by atoms with Gasteiger partial charge in [-0.1, -0.05) is 12.1 Å². The van der Waals surface area contributed by atoms with Crippen molar-refractivity contribution in [2.45, 2.75) is 62.4 Å². The van der Waals surface area contributed by atoms with Crippen LogP contribution in [0, 0.1) is 0 Å². The minimum absolute atomic E-state index is 0.0173. The zero-order valence-corrected chi connectivity index (χ0v) is 21.2. The molecule has 0 aromatic heterocycles. The largest absolute Gasteiger partial charge is 0.507 e. The van der Waals surface area contributed by atoms with E-state index in [4.69, 9.17) is 19.9 Å². The van der Waals surface area contributed by atoms with Crippen LogP contribution in [0.4, 0.5) is 0 Å². The number of aliphatic hydroxyl groups excluding tert-OH is 2. The van der Waals surface area contributed by atoms with Gasteiger partial charge in [0, 0.05) is 42.0 Å². The molecule has 39 heavy (non-hydrogen) atoms. The highest BCUT2D eigenvalue weighted by atomic mass is 16.7. The molecule has 0 spiro atoms. The number of hydrogen-bond donors (Lipinski definition) is 6. The van der Waals surface area contributed by atoms with Crippen LogP contribution in [-0.2, 0) is 20.7 Å². The van der Waals surface area contributed by atoms with E-state index in [-0.39, 0.29) is 34.4 Å². The molecule has 2 aromatic rings. The van der Waals surface area contributed by atoms with Gasteiger partial charge in [-0.15, -0.1) is 0 Å². The molecule has 5 rings (SSSR count). The zero-order chi connectivity index (χ0) is 28.4. The number of Topliss-reactive ketones (excluding diaryl/α,β-unsaturated/α-hetero) is 1. The van der Waals surface area contributed by atoms with Crippen molar-refractivity contribution in [3.8, 4) is 17.2 Å². The summed E-state index contributed by atoms with van der Waals surface area (Å²) in [7, 11) is 1.32. The van der Waals surface area contributed by atoms with Gasteiger partial charge >= 0.3 is 0 Å². The van der Waals surface area contributed by atoms with E-state index in [1.807, 2.05) is 0 Å². The number of nitrogens with two attached hydrogens (primary N) is 1. The Hall–Kier alpha value is -3.39. The van der Waals surface area contributed by atoms with E-state index < -0.39 is 95.7 Å². The SMILES string of the molecule is COc1cccc2c1C(=O)c1c(O)c3c(c(O)c1C2=O)CC(O)(C(=O)CO)C[C@@H]3OC1CC(N)C(O)C(C)O1. The van der Waals surface area contributed by atoms with Crippen molar-refractivity contribution in [3.63, 3.8) is 0 Å². The maximum Gasteiger partial charge on any atom is 0.202 e. The number of ether oxygens (including phenoxy) is 3. The average molecular weight is 544 g/mol. The lowest BCUT2D eigenvalue weighted by Gasteiger charge is -2.42. The second-order valence-electron chi connectivity index (χ2n) is 10.2. The molecule has 0 saturated carbocycles. The molecule has 7 N–H and O–H groups in total. The summed E-state index contributed by atoms with van der Waals surface area (Å²) in [6, 6.07) is 3.64. The molecule has 12 nitrogen and oxygen atoms in total. The number of aliphatic hydroxyl groups is 3. The molecule has 1 heterocycles. The van der Waals surface area contributed by atoms with Crippen LogP contribution in [0.1, 0.15) is 68.8 Å². The molecule has 0 amide bonds. The highest BCUT2D eigenvalue weighted by Crippen LogP contribution is 2.52. The summed E-state index contributed by atoms with van der Waals surface area (Å²) >= 11 is 0. The Kier molecular flexibility index (Phi) is 6.74. The van der Waals surface area contributed by atoms with Crippen LogP contribution in [0.2, 0.25) is 0 Å². The van der Waals surface area contributed by atoms with Gasteiger partial charge in [-0.25, -0.2) is 0 Å². The molecule has 208 valence electrons. The van der Waals surface area contributed by atoms with E-state index in [1.54, 1.807) is 6.92 Å². The van der Waals surface area contributed by atoms with Crippen LogP contribution >= 0.6 is 0 Å². The van der Waals surface area contributed by atoms with Crippen molar-refractivity contribution in [2.75, 3.05) is 13.7 Å². The molecule has 1 fully saturated rings. The third-order valence-corrected chi connectivity index (χ3v) is 7.81. The predicted molar refractivity (Wildman–Crippen MR) is 132 cm³/mol. The van der Waals surface area contributed by atoms with Gasteiger partial charge in [0.1, 0.15) is 29.5 Å². The summed E-state index contributed by atoms with van der Waals surface area (Å²) in [4.78, 5) is 39.7. The third-order valence-electron chi connectivity index (χ3n) is 7.81. The van der Waals surface area contributed by atoms with Gasteiger partial charge in [-0.2, -0.15) is 0 Å². The first-order valence-electron chi connectivity index (χ1n) is 12.4. The monoisotopic (exact) mass is 543 g/mol. The Labute approximate surface area is 222 Å². The standard InChI is InChI=1S/C27H29NO11/c1-10-22(31)13(28)6-17(38-10)39-15-8-27(36,16(30)9-29)7-12-19(15)26(35)21-20(24(12)33)23(32)11-4-3-5-14(37-2)18(11)25(21)34/h3-5,10,13,15,17,22,29,31,33,35-36H,6-9,28H2,1-2H3/t10?,13?,15-,17?,22?,27?/m0/s1. The fourth-order valence-corrected chi connectivity index (χ4v) is 5.75. The van der Waals surface area contributed by atoms with Gasteiger partial charge in [-0.05, 0) is 13.0 Å². The molecular formula is C27H29NO11. The van der Waals surface area contributed by atoms with Crippen molar-refractivity contribution in [1.29, 1.82) is 0 Å². The number of aromatic hydroxyl groups is 2. The number of hydrogen-bond acceptors (Lipinski definition) is 12. The van der Waals surface area contributed by atoms with Crippen LogP contribution in [0.3, 0.4) is 0 Å². The third kappa shape index (κ3) is 4.11. The van der Waals surface area contributed by atoms with Crippen LogP contribution in [0.15, 0.2) is 18.2 Å². The first-order chi connectivity index (χ1) is 18.4. The van der Waals surface area contributed by atoms with Crippen molar-refractivity contribution in [3.05, 3.63) is 51.6 Å². The maximum absolute atomic E-state index is 13.6. The Morgan fingerprint density at radius 3 is 2.49 bits per heavy atom. The summed E-state index contributed by atoms with van der Waals surface area (Å²) in [5.41, 5.74) is 2.37. The molecular weight excluding hydrogens is 514 g/mol. The molecule has 1 saturated heterocycles. The fraction of sp³-hybridized carbons (Fsp3) is 0.444. The minimum Gasteiger partial charge on any atom is -0.507 e. The lowest BCUT2D eigenvalue weighted by molar-refractivity contribution is -0.247. The molecule has 3 aliphatic rings. The van der Waals surface area contributed by atoms with Crippen molar-refractivity contribution in [2.24, 2.45) is 5.73 Å². The second kappa shape index (κ2) is 9.66. The lowest BCUT2D eigenvalue weighted by Crippen LogP contribution is -2.53. The molecule has 6 atom stereocenters. The topological polar surface area (TPSA) is 206 Å². The number of carbonyl (C=O) groups is 3. The van der Waals surface area contributed by atoms with E-state index in [2.05, 4.69) is 0 Å². The van der Waals surface area contributed by atoms with E-state index >= 15 is 0 Å². The molecule has 1 aliphatic heterocycles. The molecule has 0 radical (unpaired) electrons. The van der Waals surface area contributed by atoms with Crippen molar-refractivity contribution >= 4 is 17.3 Å². The van der Waals surface area contributed by atoms with Crippen LogP contribution in [0.5, 0.6) is 17.2 Å². The van der Waals surface area contributed by atoms with Crippen LogP contribution in [-0.4, -0.2) is 86.7 Å². The van der Waals surface area contributed by atoms with Crippen molar-refractivity contribution in [1.82, 2.24) is 0 Å². The van der Waals surface area contributed by atoms with Crippen LogP contribution < -0.4 is 10.5 Å². The molecule has 2 aliphatic carbocycles. The first kappa shape index (κ1) is 27.2. The van der Waals surface area contributed by atoms with Gasteiger partial charge in [0.05, 0.1) is 42.1 Å². The van der Waals surface area contributed by atoms with Gasteiger partial charge in [0.25, 0.3) is 0 Å². The summed E-state index contributed by atoms with van der Waals surface area (Å²) in [5, 5.41) is 53.7. The molecule has 12 heteroatoms. The normalized spacial score (nSPS) is 29.8. The lowest BCUT2D eigenvalue weighted by atomic mass is 9.72. The number of phenols is 2. The number of benzene rings is 2. The number of fused-ring (bicyclic) bond motifs is 3. The number of ketones is 3. The smallest absolute Gasteiger partial charge is 0.202 e. The number of carbonyl (C=O) groups excluding carboxylic acids is 3. The number of methoxy groups -OCH3 is 1. The fourth-order valence-electron chi connectivity index (χ4n) is 5.75. The van der Waals surface area contributed by atoms with Gasteiger partial charge in [0.2, 0.25) is 5.78 Å². The summed E-state index contributed by atoms with van der Waals surface area (Å²) < 4.78 is 17.0. The first-order valence-corrected chi connectivity index (χ1v) is 12.4. The van der Waals surface area contributed by atoms with Crippen molar-refractivity contribution < 1.29 is 54.1 Å². The summed E-state index contributed by atoms with van der Waals surface area (Å²) in [6.07, 6.45) is -5.12. The highest BCUT2D eigenvalue weighted by Gasteiger charge is 2.50. The summed E-state index contributed by atoms with van der Waals surface area (Å²) in [5.74, 6) is -3.77. The highest BCUT2D eigenvalue weighted by molar-refractivity contribution is 6.31. The predicted octanol–water partition coefficient (Wildman–Crippen LogP) is 0.00130. The van der Waals surface area contributed by atoms with Gasteiger partial charge in [0.15, 0.2) is 17.9 Å². The Morgan fingerprint density at radius 2 is 1.85 bits per heavy atom. The maximum atomic E-state index is 13.6.